The van der Waals surface area contributed by atoms with Crippen LogP contribution in [0.4, 0.5) is 18.9 Å². The van der Waals surface area contributed by atoms with Crippen molar-refractivity contribution in [1.29, 1.82) is 5.26 Å². The van der Waals surface area contributed by atoms with Gasteiger partial charge in [-0.1, -0.05) is 0 Å². The first-order chi connectivity index (χ1) is 8.24. The number of alkyl halides is 3. The molecule has 0 saturated heterocycles. The Balaban J connectivity index is 3.32. The first kappa shape index (κ1) is 13.5. The van der Waals surface area contributed by atoms with Gasteiger partial charge in [-0.2, -0.15) is 5.26 Å². The lowest BCUT2D eigenvalue weighted by Gasteiger charge is -2.10. The van der Waals surface area contributed by atoms with Crippen molar-refractivity contribution >= 4 is 5.69 Å². The fourth-order valence-corrected chi connectivity index (χ4v) is 1.04. The quantitative estimate of drug-likeness (QED) is 0.656. The smallest absolute Gasteiger partial charge is 0.498 e. The summed E-state index contributed by atoms with van der Waals surface area (Å²) in [5.41, 5.74) is -1.34. The zero-order valence-corrected chi connectivity index (χ0v) is 8.43. The largest absolute Gasteiger partial charge is 0.574 e. The SMILES string of the molecule is N#CCc1cc([N+](=O)[O-])c(O)c(OC(F)(F)F)n1. The number of pyridine rings is 1. The Hall–Kier alpha value is -2.57. The monoisotopic (exact) mass is 263 g/mol. The van der Waals surface area contributed by atoms with Crippen LogP contribution in [-0.2, 0) is 6.42 Å². The Morgan fingerprint density at radius 3 is 2.67 bits per heavy atom. The Labute approximate surface area is 97.2 Å². The standard InChI is InChI=1S/C8H4F3N3O4/c9-8(10,11)18-7-6(15)5(14(16)17)3-4(13-7)1-2-12/h3,15H,1H2. The topological polar surface area (TPSA) is 109 Å². The molecule has 7 nitrogen and oxygen atoms in total. The van der Waals surface area contributed by atoms with Crippen LogP contribution in [0.1, 0.15) is 5.69 Å². The summed E-state index contributed by atoms with van der Waals surface area (Å²) in [7, 11) is 0. The maximum absolute atomic E-state index is 12.0. The number of hydrogen-bond donors (Lipinski definition) is 1. The van der Waals surface area contributed by atoms with E-state index in [0.29, 0.717) is 6.07 Å². The van der Waals surface area contributed by atoms with E-state index in [-0.39, 0.29) is 5.69 Å². The summed E-state index contributed by atoms with van der Waals surface area (Å²) in [5.74, 6) is -2.71. The van der Waals surface area contributed by atoms with Crippen LogP contribution in [-0.4, -0.2) is 21.4 Å². The second kappa shape index (κ2) is 4.74. The van der Waals surface area contributed by atoms with Crippen LogP contribution >= 0.6 is 0 Å². The van der Waals surface area contributed by atoms with Crippen molar-refractivity contribution in [2.45, 2.75) is 12.8 Å². The van der Waals surface area contributed by atoms with Crippen LogP contribution in [0, 0.1) is 21.4 Å². The summed E-state index contributed by atoms with van der Waals surface area (Å²) in [6.07, 6.45) is -5.63. The van der Waals surface area contributed by atoms with Crippen molar-refractivity contribution in [1.82, 2.24) is 4.98 Å². The number of nitro groups is 1. The van der Waals surface area contributed by atoms with Gasteiger partial charge in [0.05, 0.1) is 23.1 Å². The van der Waals surface area contributed by atoms with Crippen molar-refractivity contribution < 1.29 is 27.9 Å². The van der Waals surface area contributed by atoms with E-state index < -0.39 is 35.0 Å². The van der Waals surface area contributed by atoms with Crippen molar-refractivity contribution in [3.05, 3.63) is 21.9 Å². The molecule has 0 fully saturated rings. The van der Waals surface area contributed by atoms with Crippen LogP contribution in [0.5, 0.6) is 11.6 Å². The first-order valence-corrected chi connectivity index (χ1v) is 4.24. The predicted molar refractivity (Wildman–Crippen MR) is 48.6 cm³/mol. The van der Waals surface area contributed by atoms with Crippen molar-refractivity contribution in [2.24, 2.45) is 0 Å². The van der Waals surface area contributed by atoms with Crippen molar-refractivity contribution in [2.75, 3.05) is 0 Å². The normalized spacial score (nSPS) is 10.8. The second-order valence-electron chi connectivity index (χ2n) is 2.93. The Morgan fingerprint density at radius 2 is 2.22 bits per heavy atom. The number of hydrogen-bond acceptors (Lipinski definition) is 6. The summed E-state index contributed by atoms with van der Waals surface area (Å²) < 4.78 is 39.2. The second-order valence-corrected chi connectivity index (χ2v) is 2.93. The molecule has 1 aromatic heterocycles. The summed E-state index contributed by atoms with van der Waals surface area (Å²) in [6.45, 7) is 0. The average molecular weight is 263 g/mol. The highest BCUT2D eigenvalue weighted by Crippen LogP contribution is 2.37. The van der Waals surface area contributed by atoms with Gasteiger partial charge in [0, 0.05) is 6.07 Å². The van der Waals surface area contributed by atoms with E-state index in [0.717, 1.165) is 0 Å². The molecule has 0 spiro atoms. The molecular weight excluding hydrogens is 259 g/mol. The highest BCUT2D eigenvalue weighted by Gasteiger charge is 2.35. The number of ether oxygens (including phenoxy) is 1. The van der Waals surface area contributed by atoms with Crippen LogP contribution in [0.2, 0.25) is 0 Å². The lowest BCUT2D eigenvalue weighted by Crippen LogP contribution is -2.18. The van der Waals surface area contributed by atoms with Crippen LogP contribution in [0.3, 0.4) is 0 Å². The predicted octanol–water partition coefficient (Wildman–Crippen LogP) is 1.66. The molecule has 1 rings (SSSR count). The summed E-state index contributed by atoms with van der Waals surface area (Å²) >= 11 is 0. The lowest BCUT2D eigenvalue weighted by atomic mass is 10.2. The van der Waals surface area contributed by atoms with Gasteiger partial charge in [-0.15, -0.1) is 13.2 Å². The average Bonchev–Trinajstić information content (AvgIpc) is 2.20. The van der Waals surface area contributed by atoms with E-state index >= 15 is 0 Å². The van der Waals surface area contributed by atoms with Gasteiger partial charge >= 0.3 is 12.0 Å². The summed E-state index contributed by atoms with van der Waals surface area (Å²) in [4.78, 5) is 12.6. The molecule has 0 aliphatic carbocycles. The molecule has 18 heavy (non-hydrogen) atoms. The van der Waals surface area contributed by atoms with Gasteiger partial charge < -0.3 is 9.84 Å². The fraction of sp³-hybridized carbons (Fsp3) is 0.250. The zero-order valence-electron chi connectivity index (χ0n) is 8.43. The summed E-state index contributed by atoms with van der Waals surface area (Å²) in [5, 5.41) is 28.1. The molecule has 0 radical (unpaired) electrons. The third-order valence-corrected chi connectivity index (χ3v) is 1.66. The lowest BCUT2D eigenvalue weighted by molar-refractivity contribution is -0.386. The molecule has 0 aromatic carbocycles. The van der Waals surface area contributed by atoms with E-state index in [1.807, 2.05) is 0 Å². The van der Waals surface area contributed by atoms with E-state index in [4.69, 9.17) is 5.26 Å². The third-order valence-electron chi connectivity index (χ3n) is 1.66. The number of nitriles is 1. The Bertz CT molecular complexity index is 524. The molecule has 1 N–H and O–H groups in total. The molecule has 10 heteroatoms. The maximum Gasteiger partial charge on any atom is 0.574 e. The highest BCUT2D eigenvalue weighted by atomic mass is 19.4. The van der Waals surface area contributed by atoms with Gasteiger partial charge in [0.15, 0.2) is 0 Å². The molecule has 1 aromatic rings. The Morgan fingerprint density at radius 1 is 1.61 bits per heavy atom. The van der Waals surface area contributed by atoms with E-state index in [2.05, 4.69) is 9.72 Å². The Kier molecular flexibility index (Phi) is 3.55. The number of aromatic hydroxyl groups is 1. The molecule has 1 heterocycles. The molecule has 0 bridgehead atoms. The number of nitrogens with zero attached hydrogens (tertiary/aromatic N) is 3. The minimum atomic E-state index is -5.16. The maximum atomic E-state index is 12.0. The van der Waals surface area contributed by atoms with Crippen LogP contribution in [0.15, 0.2) is 6.07 Å². The summed E-state index contributed by atoms with van der Waals surface area (Å²) in [6, 6.07) is 2.25. The molecule has 0 unspecified atom stereocenters. The molecule has 0 saturated carbocycles. The van der Waals surface area contributed by atoms with E-state index in [9.17, 15) is 28.4 Å². The number of rotatable bonds is 3. The molecule has 96 valence electrons. The van der Waals surface area contributed by atoms with Crippen molar-refractivity contribution in [3.63, 3.8) is 0 Å². The van der Waals surface area contributed by atoms with Gasteiger partial charge in [0.2, 0.25) is 0 Å². The highest BCUT2D eigenvalue weighted by molar-refractivity contribution is 5.52. The fourth-order valence-electron chi connectivity index (χ4n) is 1.04. The zero-order chi connectivity index (χ0) is 13.9. The number of halogens is 3. The number of aromatic nitrogens is 1. The van der Waals surface area contributed by atoms with Gasteiger partial charge in [-0.25, -0.2) is 4.98 Å². The first-order valence-electron chi connectivity index (χ1n) is 4.24. The van der Waals surface area contributed by atoms with Crippen LogP contribution in [0.25, 0.3) is 0 Å². The molecular formula is C8H4F3N3O4. The molecule has 0 amide bonds. The molecule has 0 aliphatic heterocycles. The van der Waals surface area contributed by atoms with Crippen molar-refractivity contribution in [3.8, 4) is 17.7 Å². The van der Waals surface area contributed by atoms with Crippen LogP contribution < -0.4 is 4.74 Å². The minimum Gasteiger partial charge on any atom is -0.498 e. The minimum absolute atomic E-state index is 0.318. The van der Waals surface area contributed by atoms with E-state index in [1.165, 1.54) is 0 Å². The van der Waals surface area contributed by atoms with Gasteiger partial charge in [-0.3, -0.25) is 10.1 Å². The van der Waals surface area contributed by atoms with Gasteiger partial charge in [0.1, 0.15) is 0 Å². The third kappa shape index (κ3) is 3.21. The molecule has 0 atom stereocenters. The van der Waals surface area contributed by atoms with Gasteiger partial charge in [-0.05, 0) is 0 Å². The van der Waals surface area contributed by atoms with E-state index in [1.54, 1.807) is 6.07 Å². The van der Waals surface area contributed by atoms with Gasteiger partial charge in [0.25, 0.3) is 11.6 Å². The molecule has 0 aliphatic rings.